The van der Waals surface area contributed by atoms with Gasteiger partial charge in [0.25, 0.3) is 0 Å². The molecule has 1 aromatic rings. The van der Waals surface area contributed by atoms with Crippen molar-refractivity contribution < 1.29 is 4.74 Å². The molecule has 2 atom stereocenters. The summed E-state index contributed by atoms with van der Waals surface area (Å²) in [4.78, 5) is 0. The van der Waals surface area contributed by atoms with Gasteiger partial charge in [0.1, 0.15) is 12.4 Å². The number of hydrogen-bond acceptors (Lipinski definition) is 3. The van der Waals surface area contributed by atoms with E-state index in [9.17, 15) is 0 Å². The lowest BCUT2D eigenvalue weighted by molar-refractivity contribution is 0.307. The third-order valence-corrected chi connectivity index (χ3v) is 4.10. The van der Waals surface area contributed by atoms with Gasteiger partial charge < -0.3 is 10.1 Å². The molecule has 2 rings (SSSR count). The van der Waals surface area contributed by atoms with Crippen LogP contribution in [-0.2, 0) is 0 Å². The molecule has 16 heavy (non-hydrogen) atoms. The molecule has 0 radical (unpaired) electrons. The molecule has 0 aromatic heterocycles. The Balaban J connectivity index is 1.59. The van der Waals surface area contributed by atoms with Crippen LogP contribution in [0.2, 0.25) is 0 Å². The molecule has 2 nitrogen and oxygen atoms in total. The van der Waals surface area contributed by atoms with E-state index in [1.54, 1.807) is 0 Å². The highest BCUT2D eigenvalue weighted by atomic mass is 32.2. The molecule has 1 aromatic carbocycles. The summed E-state index contributed by atoms with van der Waals surface area (Å²) in [6.07, 6.45) is 1.29. The topological polar surface area (TPSA) is 21.3 Å². The third kappa shape index (κ3) is 3.72. The zero-order chi connectivity index (χ0) is 11.2. The van der Waals surface area contributed by atoms with Crippen molar-refractivity contribution in [3.05, 3.63) is 30.3 Å². The SMILES string of the molecule is CC1CC(NCCOc2ccccc2)CS1. The van der Waals surface area contributed by atoms with Gasteiger partial charge in [-0.3, -0.25) is 0 Å². The number of rotatable bonds is 5. The minimum atomic E-state index is 0.680. The number of ether oxygens (including phenoxy) is 1. The van der Waals surface area contributed by atoms with Crippen LogP contribution in [0.25, 0.3) is 0 Å². The van der Waals surface area contributed by atoms with Crippen LogP contribution in [-0.4, -0.2) is 30.2 Å². The van der Waals surface area contributed by atoms with E-state index < -0.39 is 0 Å². The van der Waals surface area contributed by atoms with Gasteiger partial charge in [-0.1, -0.05) is 25.1 Å². The maximum absolute atomic E-state index is 5.62. The zero-order valence-electron chi connectivity index (χ0n) is 9.69. The molecular formula is C13H19NOS. The first kappa shape index (κ1) is 11.8. The van der Waals surface area contributed by atoms with Gasteiger partial charge in [-0.05, 0) is 18.6 Å². The summed E-state index contributed by atoms with van der Waals surface area (Å²) in [6, 6.07) is 10.7. The fourth-order valence-electron chi connectivity index (χ4n) is 1.91. The van der Waals surface area contributed by atoms with Crippen molar-refractivity contribution >= 4 is 11.8 Å². The maximum Gasteiger partial charge on any atom is 0.119 e. The number of thioether (sulfide) groups is 1. The van der Waals surface area contributed by atoms with Gasteiger partial charge in [0.2, 0.25) is 0 Å². The largest absolute Gasteiger partial charge is 0.492 e. The first-order valence-corrected chi connectivity index (χ1v) is 6.92. The van der Waals surface area contributed by atoms with Crippen molar-refractivity contribution in [2.45, 2.75) is 24.6 Å². The van der Waals surface area contributed by atoms with E-state index >= 15 is 0 Å². The van der Waals surface area contributed by atoms with Crippen molar-refractivity contribution in [2.24, 2.45) is 0 Å². The summed E-state index contributed by atoms with van der Waals surface area (Å²) in [5.74, 6) is 2.20. The lowest BCUT2D eigenvalue weighted by atomic mass is 10.2. The average Bonchev–Trinajstić information content (AvgIpc) is 2.72. The van der Waals surface area contributed by atoms with Crippen LogP contribution >= 0.6 is 11.8 Å². The van der Waals surface area contributed by atoms with Crippen LogP contribution in [0.5, 0.6) is 5.75 Å². The van der Waals surface area contributed by atoms with Crippen LogP contribution < -0.4 is 10.1 Å². The van der Waals surface area contributed by atoms with Crippen molar-refractivity contribution in [1.82, 2.24) is 5.32 Å². The Morgan fingerprint density at radius 1 is 1.38 bits per heavy atom. The normalized spacial score (nSPS) is 24.6. The predicted octanol–water partition coefficient (Wildman–Crippen LogP) is 2.55. The molecule has 0 bridgehead atoms. The molecule has 0 amide bonds. The summed E-state index contributed by atoms with van der Waals surface area (Å²) in [5.41, 5.74) is 0. The van der Waals surface area contributed by atoms with E-state index in [2.05, 4.69) is 24.0 Å². The quantitative estimate of drug-likeness (QED) is 0.795. The molecule has 3 heteroatoms. The Labute approximate surface area is 102 Å². The summed E-state index contributed by atoms with van der Waals surface area (Å²) in [5, 5.41) is 4.35. The Bertz CT molecular complexity index is 304. The molecule has 1 aliphatic heterocycles. The van der Waals surface area contributed by atoms with Crippen molar-refractivity contribution in [2.75, 3.05) is 18.9 Å². The number of nitrogens with one attached hydrogen (secondary N) is 1. The van der Waals surface area contributed by atoms with E-state index in [4.69, 9.17) is 4.74 Å². The van der Waals surface area contributed by atoms with E-state index in [1.807, 2.05) is 30.3 Å². The van der Waals surface area contributed by atoms with Crippen LogP contribution in [0.1, 0.15) is 13.3 Å². The van der Waals surface area contributed by atoms with Gasteiger partial charge in [0, 0.05) is 23.6 Å². The fourth-order valence-corrected chi connectivity index (χ4v) is 3.09. The summed E-state index contributed by atoms with van der Waals surface area (Å²) < 4.78 is 5.62. The van der Waals surface area contributed by atoms with Crippen molar-refractivity contribution in [3.63, 3.8) is 0 Å². The molecule has 0 saturated carbocycles. The highest BCUT2D eigenvalue weighted by Crippen LogP contribution is 2.25. The highest BCUT2D eigenvalue weighted by Gasteiger charge is 2.20. The molecule has 0 aliphatic carbocycles. The highest BCUT2D eigenvalue weighted by molar-refractivity contribution is 8.00. The van der Waals surface area contributed by atoms with E-state index in [1.165, 1.54) is 12.2 Å². The monoisotopic (exact) mass is 237 g/mol. The Kier molecular flexibility index (Phi) is 4.55. The molecular weight excluding hydrogens is 218 g/mol. The molecule has 1 aliphatic rings. The molecule has 1 saturated heterocycles. The smallest absolute Gasteiger partial charge is 0.119 e. The van der Waals surface area contributed by atoms with Crippen LogP contribution in [0.4, 0.5) is 0 Å². The molecule has 0 spiro atoms. The van der Waals surface area contributed by atoms with Gasteiger partial charge in [-0.15, -0.1) is 0 Å². The molecule has 1 heterocycles. The first-order valence-electron chi connectivity index (χ1n) is 5.87. The van der Waals surface area contributed by atoms with E-state index in [-0.39, 0.29) is 0 Å². The Morgan fingerprint density at radius 2 is 2.19 bits per heavy atom. The maximum atomic E-state index is 5.62. The number of hydrogen-bond donors (Lipinski definition) is 1. The predicted molar refractivity (Wildman–Crippen MR) is 70.3 cm³/mol. The Hall–Kier alpha value is -0.670. The van der Waals surface area contributed by atoms with Crippen LogP contribution in [0, 0.1) is 0 Å². The van der Waals surface area contributed by atoms with Gasteiger partial charge in [0.05, 0.1) is 0 Å². The van der Waals surface area contributed by atoms with Crippen molar-refractivity contribution in [1.29, 1.82) is 0 Å². The third-order valence-electron chi connectivity index (χ3n) is 2.75. The minimum absolute atomic E-state index is 0.680. The molecule has 2 unspecified atom stereocenters. The second kappa shape index (κ2) is 6.16. The molecule has 1 N–H and O–H groups in total. The van der Waals surface area contributed by atoms with Crippen LogP contribution in [0.3, 0.4) is 0 Å². The lowest BCUT2D eigenvalue weighted by Gasteiger charge is -2.12. The molecule has 1 fully saturated rings. The van der Waals surface area contributed by atoms with Crippen LogP contribution in [0.15, 0.2) is 30.3 Å². The summed E-state index contributed by atoms with van der Waals surface area (Å²) in [6.45, 7) is 3.99. The summed E-state index contributed by atoms with van der Waals surface area (Å²) >= 11 is 2.06. The minimum Gasteiger partial charge on any atom is -0.492 e. The lowest BCUT2D eigenvalue weighted by Crippen LogP contribution is -2.32. The second-order valence-corrected chi connectivity index (χ2v) is 5.66. The van der Waals surface area contributed by atoms with Gasteiger partial charge in [0.15, 0.2) is 0 Å². The number of para-hydroxylation sites is 1. The standard InChI is InChI=1S/C13H19NOS/c1-11-9-12(10-16-11)14-7-8-15-13-5-3-2-4-6-13/h2-6,11-12,14H,7-10H2,1H3. The zero-order valence-corrected chi connectivity index (χ0v) is 10.5. The number of benzene rings is 1. The fraction of sp³-hybridized carbons (Fsp3) is 0.538. The van der Waals surface area contributed by atoms with E-state index in [0.29, 0.717) is 6.04 Å². The average molecular weight is 237 g/mol. The van der Waals surface area contributed by atoms with Gasteiger partial charge >= 0.3 is 0 Å². The Morgan fingerprint density at radius 3 is 2.88 bits per heavy atom. The van der Waals surface area contributed by atoms with Gasteiger partial charge in [-0.2, -0.15) is 11.8 Å². The first-order chi connectivity index (χ1) is 7.84. The summed E-state index contributed by atoms with van der Waals surface area (Å²) in [7, 11) is 0. The second-order valence-electron chi connectivity index (χ2n) is 4.19. The molecule has 88 valence electrons. The van der Waals surface area contributed by atoms with Gasteiger partial charge in [-0.25, -0.2) is 0 Å². The van der Waals surface area contributed by atoms with Crippen molar-refractivity contribution in [3.8, 4) is 5.75 Å². The van der Waals surface area contributed by atoms with E-state index in [0.717, 1.165) is 24.2 Å².